The van der Waals surface area contributed by atoms with Crippen LogP contribution in [0, 0.1) is 0 Å². The topological polar surface area (TPSA) is 104 Å². The van der Waals surface area contributed by atoms with Gasteiger partial charge in [-0.3, -0.25) is 0 Å². The quantitative estimate of drug-likeness (QED) is 0.301. The molecule has 0 aromatic carbocycles. The molecule has 0 unspecified atom stereocenters. The van der Waals surface area contributed by atoms with Gasteiger partial charge in [0, 0.05) is 6.61 Å². The van der Waals surface area contributed by atoms with E-state index in [1.165, 1.54) is 83.5 Å². The number of aliphatic carboxylic acids is 2. The van der Waals surface area contributed by atoms with Gasteiger partial charge in [0.1, 0.15) is 13.2 Å². The van der Waals surface area contributed by atoms with Crippen molar-refractivity contribution in [1.82, 2.24) is 0 Å². The summed E-state index contributed by atoms with van der Waals surface area (Å²) in [5.74, 6) is -2.34. The molecule has 0 spiro atoms. The van der Waals surface area contributed by atoms with E-state index >= 15 is 0 Å². The standard InChI is InChI=1S/C16H34O.C4H6O5/c1-2-3-4-5-6-7-8-9-10-11-12-13-14-15-16-17;5-3(6)1-9-2-4(7)8/h17H,2-16H2,1H3;1-2H2,(H,5,6)(H,7,8). The van der Waals surface area contributed by atoms with Gasteiger partial charge in [-0.1, -0.05) is 90.4 Å². The zero-order valence-electron chi connectivity index (χ0n) is 16.6. The molecule has 0 aliphatic rings. The van der Waals surface area contributed by atoms with Crippen LogP contribution in [0.4, 0.5) is 0 Å². The van der Waals surface area contributed by atoms with Crippen LogP contribution < -0.4 is 0 Å². The summed E-state index contributed by atoms with van der Waals surface area (Å²) in [5, 5.41) is 24.5. The van der Waals surface area contributed by atoms with Crippen molar-refractivity contribution in [2.75, 3.05) is 19.8 Å². The van der Waals surface area contributed by atoms with E-state index in [0.29, 0.717) is 6.61 Å². The average molecular weight is 377 g/mol. The smallest absolute Gasteiger partial charge is 0.329 e. The van der Waals surface area contributed by atoms with Gasteiger partial charge in [0.15, 0.2) is 0 Å². The highest BCUT2D eigenvalue weighted by Crippen LogP contribution is 2.12. The third-order valence-electron chi connectivity index (χ3n) is 3.96. The van der Waals surface area contributed by atoms with Crippen molar-refractivity contribution in [2.24, 2.45) is 0 Å². The highest BCUT2D eigenvalue weighted by atomic mass is 16.5. The summed E-state index contributed by atoms with van der Waals surface area (Å²) >= 11 is 0. The van der Waals surface area contributed by atoms with Gasteiger partial charge in [-0.25, -0.2) is 9.59 Å². The number of aliphatic hydroxyl groups is 1. The summed E-state index contributed by atoms with van der Waals surface area (Å²) in [4.78, 5) is 19.3. The van der Waals surface area contributed by atoms with E-state index in [4.69, 9.17) is 15.3 Å². The highest BCUT2D eigenvalue weighted by Gasteiger charge is 1.99. The van der Waals surface area contributed by atoms with E-state index in [2.05, 4.69) is 11.7 Å². The van der Waals surface area contributed by atoms with Crippen LogP contribution >= 0.6 is 0 Å². The molecule has 0 aliphatic heterocycles. The molecule has 0 rings (SSSR count). The molecule has 0 aliphatic carbocycles. The number of hydrogen-bond donors (Lipinski definition) is 3. The Morgan fingerprint density at radius 1 is 0.615 bits per heavy atom. The fourth-order valence-corrected chi connectivity index (χ4v) is 2.53. The Kier molecular flexibility index (Phi) is 24.9. The van der Waals surface area contributed by atoms with E-state index < -0.39 is 25.2 Å². The third kappa shape index (κ3) is 30.7. The lowest BCUT2D eigenvalue weighted by Gasteiger charge is -2.02. The fraction of sp³-hybridized carbons (Fsp3) is 0.900. The zero-order valence-corrected chi connectivity index (χ0v) is 16.6. The largest absolute Gasteiger partial charge is 0.480 e. The van der Waals surface area contributed by atoms with Gasteiger partial charge in [-0.05, 0) is 6.42 Å². The van der Waals surface area contributed by atoms with Gasteiger partial charge in [0.25, 0.3) is 0 Å². The van der Waals surface area contributed by atoms with Crippen molar-refractivity contribution in [2.45, 2.75) is 96.8 Å². The van der Waals surface area contributed by atoms with Crippen molar-refractivity contribution >= 4 is 11.9 Å². The maximum atomic E-state index is 9.66. The number of ether oxygens (including phenoxy) is 1. The van der Waals surface area contributed by atoms with E-state index in [1.807, 2.05) is 0 Å². The second-order valence-corrected chi connectivity index (χ2v) is 6.60. The Bertz CT molecular complexity index is 279. The number of carboxylic acid groups (broad SMARTS) is 2. The Morgan fingerprint density at radius 3 is 1.19 bits per heavy atom. The van der Waals surface area contributed by atoms with Gasteiger partial charge in [-0.2, -0.15) is 0 Å². The Balaban J connectivity index is 0. The van der Waals surface area contributed by atoms with Crippen molar-refractivity contribution in [3.63, 3.8) is 0 Å². The van der Waals surface area contributed by atoms with Crippen LogP contribution in [0.15, 0.2) is 0 Å². The summed E-state index contributed by atoms with van der Waals surface area (Å²) in [6.07, 6.45) is 19.2. The number of rotatable bonds is 18. The third-order valence-corrected chi connectivity index (χ3v) is 3.96. The van der Waals surface area contributed by atoms with E-state index in [1.54, 1.807) is 0 Å². The van der Waals surface area contributed by atoms with Crippen LogP contribution in [-0.4, -0.2) is 47.1 Å². The van der Waals surface area contributed by atoms with Crippen LogP contribution in [0.3, 0.4) is 0 Å². The van der Waals surface area contributed by atoms with Gasteiger partial charge in [0.05, 0.1) is 0 Å². The normalized spacial score (nSPS) is 10.2. The van der Waals surface area contributed by atoms with Crippen molar-refractivity contribution in [1.29, 1.82) is 0 Å². The number of carbonyl (C=O) groups is 2. The number of aliphatic hydroxyl groups excluding tert-OH is 1. The molecule has 3 N–H and O–H groups in total. The summed E-state index contributed by atoms with van der Waals surface area (Å²) in [6.45, 7) is 1.52. The first-order valence-electron chi connectivity index (χ1n) is 10.2. The predicted octanol–water partition coefficient (Wildman–Crippen LogP) is 4.63. The minimum absolute atomic E-state index is 0.373. The van der Waals surface area contributed by atoms with Crippen LogP contribution in [-0.2, 0) is 14.3 Å². The van der Waals surface area contributed by atoms with Gasteiger partial charge < -0.3 is 20.1 Å². The van der Waals surface area contributed by atoms with E-state index in [-0.39, 0.29) is 0 Å². The molecule has 26 heavy (non-hydrogen) atoms. The van der Waals surface area contributed by atoms with Gasteiger partial charge in [0.2, 0.25) is 0 Å². The van der Waals surface area contributed by atoms with Crippen LogP contribution in [0.2, 0.25) is 0 Å². The number of unbranched alkanes of at least 4 members (excludes halogenated alkanes) is 13. The maximum Gasteiger partial charge on any atom is 0.329 e. The van der Waals surface area contributed by atoms with Crippen LogP contribution in [0.5, 0.6) is 0 Å². The second-order valence-electron chi connectivity index (χ2n) is 6.60. The molecule has 0 aromatic rings. The van der Waals surface area contributed by atoms with E-state index in [9.17, 15) is 9.59 Å². The monoisotopic (exact) mass is 376 g/mol. The molecule has 0 heterocycles. The van der Waals surface area contributed by atoms with Gasteiger partial charge >= 0.3 is 11.9 Å². The number of carboxylic acids is 2. The molecule has 0 fully saturated rings. The van der Waals surface area contributed by atoms with Crippen LogP contribution in [0.25, 0.3) is 0 Å². The summed E-state index contributed by atoms with van der Waals surface area (Å²) in [6, 6.07) is 0. The lowest BCUT2D eigenvalue weighted by atomic mass is 10.0. The summed E-state index contributed by atoms with van der Waals surface area (Å²) < 4.78 is 4.16. The minimum atomic E-state index is -1.17. The van der Waals surface area contributed by atoms with Crippen LogP contribution in [0.1, 0.15) is 96.8 Å². The Morgan fingerprint density at radius 2 is 0.923 bits per heavy atom. The first kappa shape index (κ1) is 27.1. The Labute approximate surface area is 158 Å². The van der Waals surface area contributed by atoms with E-state index in [0.717, 1.165) is 6.42 Å². The Hall–Kier alpha value is -1.14. The lowest BCUT2D eigenvalue weighted by Crippen LogP contribution is -2.13. The SMILES string of the molecule is CCCCCCCCCCCCCCCCO.O=C(O)COCC(=O)O. The zero-order chi connectivity index (χ0) is 19.9. The lowest BCUT2D eigenvalue weighted by molar-refractivity contribution is -0.148. The average Bonchev–Trinajstić information content (AvgIpc) is 2.59. The fourth-order valence-electron chi connectivity index (χ4n) is 2.53. The molecule has 0 saturated carbocycles. The molecule has 0 saturated heterocycles. The maximum absolute atomic E-state index is 9.66. The highest BCUT2D eigenvalue weighted by molar-refractivity contribution is 5.70. The van der Waals surface area contributed by atoms with Crippen molar-refractivity contribution in [3.05, 3.63) is 0 Å². The molecule has 156 valence electrons. The second kappa shape index (κ2) is 23.9. The molecule has 0 bridgehead atoms. The van der Waals surface area contributed by atoms with Crippen molar-refractivity contribution in [3.8, 4) is 0 Å². The number of hydrogen-bond acceptors (Lipinski definition) is 4. The molecular weight excluding hydrogens is 336 g/mol. The van der Waals surface area contributed by atoms with Crippen molar-refractivity contribution < 1.29 is 29.6 Å². The van der Waals surface area contributed by atoms with Gasteiger partial charge in [-0.15, -0.1) is 0 Å². The molecule has 0 atom stereocenters. The first-order valence-corrected chi connectivity index (χ1v) is 10.2. The molecule has 6 nitrogen and oxygen atoms in total. The minimum Gasteiger partial charge on any atom is -0.480 e. The molecule has 0 radical (unpaired) electrons. The first-order chi connectivity index (χ1) is 12.5. The molecule has 6 heteroatoms. The summed E-state index contributed by atoms with van der Waals surface area (Å²) in [5.41, 5.74) is 0. The predicted molar refractivity (Wildman–Crippen MR) is 103 cm³/mol. The summed E-state index contributed by atoms with van der Waals surface area (Å²) in [7, 11) is 0. The molecule has 0 amide bonds. The molecule has 0 aromatic heterocycles. The molecular formula is C20H40O6.